The minimum absolute atomic E-state index is 0.0854. The maximum Gasteiger partial charge on any atom is 0.126 e. The second kappa shape index (κ2) is 12.1. The van der Waals surface area contributed by atoms with Crippen LogP contribution in [0.2, 0.25) is 0 Å². The molecule has 0 bridgehead atoms. The van der Waals surface area contributed by atoms with E-state index in [-0.39, 0.29) is 5.82 Å². The molecule has 4 heteroatoms. The molecular formula is C27H38FN3. The molecule has 0 amide bonds. The molecule has 3 rings (SSSR count). The zero-order chi connectivity index (χ0) is 22.1. The summed E-state index contributed by atoms with van der Waals surface area (Å²) in [5.74, 6) is 2.62. The number of aliphatic imine (C=N–C) groups is 2. The molecule has 3 nitrogen and oxygen atoms in total. The topological polar surface area (TPSA) is 28.0 Å². The summed E-state index contributed by atoms with van der Waals surface area (Å²) in [6, 6.07) is 5.72. The molecule has 2 atom stereocenters. The van der Waals surface area contributed by atoms with Gasteiger partial charge in [0, 0.05) is 19.3 Å². The molecule has 1 aromatic rings. The van der Waals surface area contributed by atoms with Gasteiger partial charge in [-0.2, -0.15) is 0 Å². The van der Waals surface area contributed by atoms with Crippen LogP contribution in [0.1, 0.15) is 50.2 Å². The first-order valence-electron chi connectivity index (χ1n) is 11.8. The Morgan fingerprint density at radius 1 is 1.29 bits per heavy atom. The molecule has 1 aliphatic carbocycles. The molecule has 2 aliphatic rings. The van der Waals surface area contributed by atoms with Crippen LogP contribution in [-0.4, -0.2) is 44.1 Å². The Labute approximate surface area is 187 Å². The monoisotopic (exact) mass is 423 g/mol. The number of piperidine rings is 1. The van der Waals surface area contributed by atoms with E-state index < -0.39 is 0 Å². The average molecular weight is 424 g/mol. The van der Waals surface area contributed by atoms with Crippen LogP contribution in [-0.2, 0) is 12.8 Å². The molecule has 1 saturated carbocycles. The predicted octanol–water partition coefficient (Wildman–Crippen LogP) is 5.90. The highest BCUT2D eigenvalue weighted by Crippen LogP contribution is 2.50. The van der Waals surface area contributed by atoms with Crippen molar-refractivity contribution >= 4 is 12.9 Å². The number of rotatable bonds is 12. The number of hydrogen-bond donors (Lipinski definition) is 0. The van der Waals surface area contributed by atoms with Gasteiger partial charge in [-0.1, -0.05) is 24.3 Å². The molecule has 1 heterocycles. The number of aryl methyl sites for hydroxylation is 1. The summed E-state index contributed by atoms with van der Waals surface area (Å²) in [5, 5.41) is 0. The van der Waals surface area contributed by atoms with Crippen molar-refractivity contribution in [3.8, 4) is 0 Å². The summed E-state index contributed by atoms with van der Waals surface area (Å²) < 4.78 is 14.1. The fraction of sp³-hybridized carbons (Fsp3) is 0.556. The Bertz CT molecular complexity index is 790. The minimum atomic E-state index is -0.0854. The van der Waals surface area contributed by atoms with E-state index in [2.05, 4.69) is 41.2 Å². The first-order chi connectivity index (χ1) is 15.1. The van der Waals surface area contributed by atoms with Gasteiger partial charge in [-0.05, 0) is 99.1 Å². The Balaban J connectivity index is 1.31. The number of nitrogens with zero attached hydrogens (tertiary/aromatic N) is 3. The van der Waals surface area contributed by atoms with Crippen molar-refractivity contribution in [2.45, 2.75) is 51.9 Å². The van der Waals surface area contributed by atoms with Gasteiger partial charge in [0.2, 0.25) is 0 Å². The van der Waals surface area contributed by atoms with Crippen molar-refractivity contribution in [2.75, 3.05) is 26.3 Å². The molecule has 1 aromatic carbocycles. The van der Waals surface area contributed by atoms with E-state index in [1.54, 1.807) is 12.1 Å². The van der Waals surface area contributed by atoms with Gasteiger partial charge in [-0.3, -0.25) is 14.9 Å². The van der Waals surface area contributed by atoms with E-state index in [1.807, 2.05) is 18.4 Å². The zero-order valence-corrected chi connectivity index (χ0v) is 19.1. The van der Waals surface area contributed by atoms with Gasteiger partial charge in [0.15, 0.2) is 0 Å². The van der Waals surface area contributed by atoms with E-state index >= 15 is 0 Å². The first kappa shape index (κ1) is 23.6. The smallest absolute Gasteiger partial charge is 0.126 e. The minimum Gasteiger partial charge on any atom is -0.297 e. The second-order valence-corrected chi connectivity index (χ2v) is 9.23. The third-order valence-corrected chi connectivity index (χ3v) is 6.86. The maximum atomic E-state index is 14.1. The molecular weight excluding hydrogens is 385 g/mol. The van der Waals surface area contributed by atoms with Gasteiger partial charge in [0.05, 0.1) is 13.2 Å². The molecule has 2 fully saturated rings. The van der Waals surface area contributed by atoms with Crippen LogP contribution in [0.25, 0.3) is 0 Å². The van der Waals surface area contributed by atoms with Crippen molar-refractivity contribution < 1.29 is 4.39 Å². The lowest BCUT2D eigenvalue weighted by atomic mass is 9.90. The summed E-state index contributed by atoms with van der Waals surface area (Å²) in [5.41, 5.74) is 3.02. The molecule has 0 aromatic heterocycles. The first-order valence-corrected chi connectivity index (χ1v) is 11.8. The van der Waals surface area contributed by atoms with Crippen molar-refractivity contribution in [2.24, 2.45) is 27.7 Å². The zero-order valence-electron chi connectivity index (χ0n) is 19.1. The summed E-state index contributed by atoms with van der Waals surface area (Å²) in [6.07, 6.45) is 13.8. The third-order valence-electron chi connectivity index (χ3n) is 6.86. The molecule has 0 N–H and O–H groups in total. The van der Waals surface area contributed by atoms with Crippen LogP contribution in [0.4, 0.5) is 4.39 Å². The number of benzene rings is 1. The van der Waals surface area contributed by atoms with Gasteiger partial charge in [0.25, 0.3) is 0 Å². The third kappa shape index (κ3) is 7.53. The van der Waals surface area contributed by atoms with Crippen LogP contribution >= 0.6 is 0 Å². The number of hydrogen-bond acceptors (Lipinski definition) is 3. The SMILES string of the molecule is C=CCc1ccc(CCCC2CC2C2CCN(C/N=C\C(C)=C/CN=C)CC2)cc1F. The fourth-order valence-corrected chi connectivity index (χ4v) is 4.90. The summed E-state index contributed by atoms with van der Waals surface area (Å²) in [4.78, 5) is 10.9. The quantitative estimate of drug-likeness (QED) is 0.304. The normalized spacial score (nSPS) is 22.7. The highest BCUT2D eigenvalue weighted by molar-refractivity contribution is 5.77. The van der Waals surface area contributed by atoms with Crippen molar-refractivity contribution in [3.05, 3.63) is 59.4 Å². The van der Waals surface area contributed by atoms with Crippen LogP contribution in [0, 0.1) is 23.6 Å². The Hall–Kier alpha value is -2.07. The molecule has 2 unspecified atom stereocenters. The van der Waals surface area contributed by atoms with E-state index in [0.717, 1.165) is 47.5 Å². The van der Waals surface area contributed by atoms with E-state index in [1.165, 1.54) is 45.2 Å². The summed E-state index contributed by atoms with van der Waals surface area (Å²) >= 11 is 0. The van der Waals surface area contributed by atoms with Crippen LogP contribution in [0.3, 0.4) is 0 Å². The number of allylic oxidation sites excluding steroid dienone is 2. The van der Waals surface area contributed by atoms with E-state index in [4.69, 9.17) is 0 Å². The fourth-order valence-electron chi connectivity index (χ4n) is 4.90. The number of likely N-dealkylation sites (tertiary alicyclic amines) is 1. The summed E-state index contributed by atoms with van der Waals surface area (Å²) in [6.45, 7) is 13.0. The molecule has 31 heavy (non-hydrogen) atoms. The Morgan fingerprint density at radius 3 is 2.81 bits per heavy atom. The van der Waals surface area contributed by atoms with Crippen molar-refractivity contribution in [1.29, 1.82) is 0 Å². The average Bonchev–Trinajstić information content (AvgIpc) is 3.54. The molecule has 0 radical (unpaired) electrons. The molecule has 168 valence electrons. The van der Waals surface area contributed by atoms with Gasteiger partial charge in [0.1, 0.15) is 5.82 Å². The lowest BCUT2D eigenvalue weighted by molar-refractivity contribution is 0.173. The Morgan fingerprint density at radius 2 is 2.10 bits per heavy atom. The highest BCUT2D eigenvalue weighted by Gasteiger charge is 2.42. The van der Waals surface area contributed by atoms with Gasteiger partial charge < -0.3 is 0 Å². The molecule has 1 saturated heterocycles. The maximum absolute atomic E-state index is 14.1. The number of halogens is 1. The Kier molecular flexibility index (Phi) is 9.20. The lowest BCUT2D eigenvalue weighted by Gasteiger charge is -2.31. The predicted molar refractivity (Wildman–Crippen MR) is 131 cm³/mol. The van der Waals surface area contributed by atoms with Crippen LogP contribution in [0.5, 0.6) is 0 Å². The van der Waals surface area contributed by atoms with E-state index in [9.17, 15) is 4.39 Å². The van der Waals surface area contributed by atoms with Crippen LogP contribution in [0.15, 0.2) is 52.5 Å². The largest absolute Gasteiger partial charge is 0.297 e. The lowest BCUT2D eigenvalue weighted by Crippen LogP contribution is -2.34. The molecule has 1 aliphatic heterocycles. The van der Waals surface area contributed by atoms with Gasteiger partial charge >= 0.3 is 0 Å². The van der Waals surface area contributed by atoms with Crippen molar-refractivity contribution in [3.63, 3.8) is 0 Å². The standard InChI is InChI=1S/C27H38FN3/c1-4-6-24-10-9-22(17-27(24)28)7-5-8-25-18-26(25)23-12-15-31(16-13-23)20-30-19-21(2)11-14-29-3/h4,9-11,17,19,23,25-26H,1,3,5-8,12-16,18,20H2,2H3/b21-11-,30-19-. The highest BCUT2D eigenvalue weighted by atomic mass is 19.1. The summed E-state index contributed by atoms with van der Waals surface area (Å²) in [7, 11) is 0. The van der Waals surface area contributed by atoms with E-state index in [0.29, 0.717) is 13.0 Å². The van der Waals surface area contributed by atoms with Crippen LogP contribution < -0.4 is 0 Å². The van der Waals surface area contributed by atoms with Gasteiger partial charge in [-0.15, -0.1) is 6.58 Å². The second-order valence-electron chi connectivity index (χ2n) is 9.23. The molecule has 0 spiro atoms. The van der Waals surface area contributed by atoms with Crippen molar-refractivity contribution in [1.82, 2.24) is 4.90 Å². The van der Waals surface area contributed by atoms with Gasteiger partial charge in [-0.25, -0.2) is 4.39 Å².